The maximum absolute atomic E-state index is 13.4. The van der Waals surface area contributed by atoms with E-state index < -0.39 is 0 Å². The van der Waals surface area contributed by atoms with Gasteiger partial charge in [0.05, 0.1) is 19.2 Å². The summed E-state index contributed by atoms with van der Waals surface area (Å²) < 4.78 is 17.1. The molecule has 0 fully saturated rings. The molecule has 0 radical (unpaired) electrons. The molecule has 31 heavy (non-hydrogen) atoms. The molecule has 0 aliphatic heterocycles. The maximum Gasteiger partial charge on any atom is 0.224 e. The normalized spacial score (nSPS) is 10.9. The van der Waals surface area contributed by atoms with Crippen molar-refractivity contribution in [2.75, 3.05) is 6.54 Å². The van der Waals surface area contributed by atoms with Crippen LogP contribution in [0.5, 0.6) is 0 Å². The number of nitrogens with one attached hydrogen (secondary N) is 1. The SMILES string of the molecule is Cc1ccc(CC(=O)NCCn2ncc(-c3ccc(F)cc3)c2-c2nccn2C)cc1. The molecule has 1 amide bonds. The van der Waals surface area contributed by atoms with Crippen LogP contribution in [-0.2, 0) is 24.8 Å². The fraction of sp³-hybridized carbons (Fsp3) is 0.208. The van der Waals surface area contributed by atoms with Crippen LogP contribution >= 0.6 is 0 Å². The van der Waals surface area contributed by atoms with E-state index in [1.807, 2.05) is 53.7 Å². The second-order valence-electron chi connectivity index (χ2n) is 7.51. The summed E-state index contributed by atoms with van der Waals surface area (Å²) in [5.41, 5.74) is 4.69. The summed E-state index contributed by atoms with van der Waals surface area (Å²) >= 11 is 0. The third kappa shape index (κ3) is 4.71. The highest BCUT2D eigenvalue weighted by Gasteiger charge is 2.18. The molecule has 2 heterocycles. The summed E-state index contributed by atoms with van der Waals surface area (Å²) in [5, 5.41) is 7.48. The summed E-state index contributed by atoms with van der Waals surface area (Å²) in [5.74, 6) is 0.432. The maximum atomic E-state index is 13.4. The third-order valence-electron chi connectivity index (χ3n) is 5.16. The van der Waals surface area contributed by atoms with E-state index in [0.717, 1.165) is 28.2 Å². The molecule has 4 aromatic rings. The number of aryl methyl sites for hydroxylation is 2. The van der Waals surface area contributed by atoms with E-state index in [2.05, 4.69) is 15.4 Å². The van der Waals surface area contributed by atoms with Gasteiger partial charge in [0.25, 0.3) is 0 Å². The van der Waals surface area contributed by atoms with E-state index in [-0.39, 0.29) is 11.7 Å². The van der Waals surface area contributed by atoms with Gasteiger partial charge in [-0.2, -0.15) is 5.10 Å². The Hall–Kier alpha value is -3.74. The summed E-state index contributed by atoms with van der Waals surface area (Å²) in [6.45, 7) is 2.95. The van der Waals surface area contributed by atoms with Crippen molar-refractivity contribution in [1.29, 1.82) is 0 Å². The lowest BCUT2D eigenvalue weighted by molar-refractivity contribution is -0.120. The molecule has 0 atom stereocenters. The van der Waals surface area contributed by atoms with Gasteiger partial charge in [-0.1, -0.05) is 42.0 Å². The van der Waals surface area contributed by atoms with Crippen LogP contribution in [-0.4, -0.2) is 31.8 Å². The Balaban J connectivity index is 1.50. The molecule has 0 aliphatic rings. The van der Waals surface area contributed by atoms with Crippen LogP contribution in [0.15, 0.2) is 67.1 Å². The number of rotatable bonds is 7. The highest BCUT2D eigenvalue weighted by molar-refractivity contribution is 5.79. The van der Waals surface area contributed by atoms with Gasteiger partial charge in [0.1, 0.15) is 11.5 Å². The summed E-state index contributed by atoms with van der Waals surface area (Å²) in [6.07, 6.45) is 5.69. The molecule has 0 aliphatic carbocycles. The number of carbonyl (C=O) groups is 1. The Kier molecular flexibility index (Phi) is 5.93. The van der Waals surface area contributed by atoms with E-state index in [0.29, 0.717) is 19.5 Å². The molecular formula is C24H24FN5O. The quantitative estimate of drug-likeness (QED) is 0.498. The highest BCUT2D eigenvalue weighted by Crippen LogP contribution is 2.31. The van der Waals surface area contributed by atoms with Gasteiger partial charge >= 0.3 is 0 Å². The van der Waals surface area contributed by atoms with E-state index in [1.165, 1.54) is 17.7 Å². The molecule has 1 N–H and O–H groups in total. The number of aromatic nitrogens is 4. The number of benzene rings is 2. The Morgan fingerprint density at radius 3 is 2.52 bits per heavy atom. The van der Waals surface area contributed by atoms with Crippen molar-refractivity contribution in [2.24, 2.45) is 7.05 Å². The van der Waals surface area contributed by atoms with Gasteiger partial charge in [-0.25, -0.2) is 9.37 Å². The Bertz CT molecular complexity index is 1180. The molecule has 4 rings (SSSR count). The minimum Gasteiger partial charge on any atom is -0.354 e. The summed E-state index contributed by atoms with van der Waals surface area (Å²) in [4.78, 5) is 16.8. The van der Waals surface area contributed by atoms with Crippen molar-refractivity contribution in [2.45, 2.75) is 19.9 Å². The topological polar surface area (TPSA) is 64.7 Å². The predicted octanol–water partition coefficient (Wildman–Crippen LogP) is 3.76. The van der Waals surface area contributed by atoms with Crippen LogP contribution in [0.1, 0.15) is 11.1 Å². The molecule has 2 aromatic carbocycles. The average molecular weight is 417 g/mol. The summed E-state index contributed by atoms with van der Waals surface area (Å²) in [6, 6.07) is 14.3. The zero-order valence-corrected chi connectivity index (χ0v) is 17.5. The van der Waals surface area contributed by atoms with Crippen LogP contribution in [0.2, 0.25) is 0 Å². The number of halogens is 1. The van der Waals surface area contributed by atoms with Crippen molar-refractivity contribution in [3.8, 4) is 22.6 Å². The second-order valence-corrected chi connectivity index (χ2v) is 7.51. The lowest BCUT2D eigenvalue weighted by Gasteiger charge is -2.11. The number of amides is 1. The fourth-order valence-corrected chi connectivity index (χ4v) is 3.48. The van der Waals surface area contributed by atoms with Gasteiger partial charge in [0.2, 0.25) is 5.91 Å². The average Bonchev–Trinajstić information content (AvgIpc) is 3.36. The van der Waals surface area contributed by atoms with E-state index in [4.69, 9.17) is 0 Å². The smallest absolute Gasteiger partial charge is 0.224 e. The highest BCUT2D eigenvalue weighted by atomic mass is 19.1. The van der Waals surface area contributed by atoms with Crippen molar-refractivity contribution in [1.82, 2.24) is 24.6 Å². The van der Waals surface area contributed by atoms with Gasteiger partial charge < -0.3 is 9.88 Å². The van der Waals surface area contributed by atoms with Crippen LogP contribution in [0.4, 0.5) is 4.39 Å². The van der Waals surface area contributed by atoms with Crippen molar-refractivity contribution in [3.63, 3.8) is 0 Å². The van der Waals surface area contributed by atoms with Gasteiger partial charge in [-0.05, 0) is 30.2 Å². The fourth-order valence-electron chi connectivity index (χ4n) is 3.48. The molecule has 158 valence electrons. The number of hydrogen-bond donors (Lipinski definition) is 1. The number of carbonyl (C=O) groups excluding carboxylic acids is 1. The zero-order chi connectivity index (χ0) is 21.8. The first-order chi connectivity index (χ1) is 15.0. The van der Waals surface area contributed by atoms with Crippen molar-refractivity contribution in [3.05, 3.63) is 84.1 Å². The van der Waals surface area contributed by atoms with E-state index in [9.17, 15) is 9.18 Å². The first-order valence-electron chi connectivity index (χ1n) is 10.1. The summed E-state index contributed by atoms with van der Waals surface area (Å²) in [7, 11) is 1.91. The molecule has 0 saturated carbocycles. The van der Waals surface area contributed by atoms with Gasteiger partial charge in [-0.3, -0.25) is 9.48 Å². The van der Waals surface area contributed by atoms with Crippen LogP contribution in [0.3, 0.4) is 0 Å². The zero-order valence-electron chi connectivity index (χ0n) is 17.5. The first-order valence-corrected chi connectivity index (χ1v) is 10.1. The van der Waals surface area contributed by atoms with Crippen LogP contribution < -0.4 is 5.32 Å². The number of nitrogens with zero attached hydrogens (tertiary/aromatic N) is 4. The van der Waals surface area contributed by atoms with Crippen molar-refractivity contribution >= 4 is 5.91 Å². The Labute approximate surface area is 180 Å². The Morgan fingerprint density at radius 1 is 1.10 bits per heavy atom. The largest absolute Gasteiger partial charge is 0.354 e. The molecular weight excluding hydrogens is 393 g/mol. The minimum absolute atomic E-state index is 0.0340. The molecule has 0 unspecified atom stereocenters. The van der Waals surface area contributed by atoms with Gasteiger partial charge in [0, 0.05) is 31.5 Å². The molecule has 0 bridgehead atoms. The van der Waals surface area contributed by atoms with Gasteiger partial charge in [-0.15, -0.1) is 0 Å². The first kappa shape index (κ1) is 20.5. The molecule has 2 aromatic heterocycles. The number of imidazole rings is 1. The molecule has 7 heteroatoms. The van der Waals surface area contributed by atoms with E-state index in [1.54, 1.807) is 24.5 Å². The lowest BCUT2D eigenvalue weighted by atomic mass is 10.1. The van der Waals surface area contributed by atoms with E-state index >= 15 is 0 Å². The Morgan fingerprint density at radius 2 is 1.84 bits per heavy atom. The lowest BCUT2D eigenvalue weighted by Crippen LogP contribution is -2.29. The number of hydrogen-bond acceptors (Lipinski definition) is 3. The van der Waals surface area contributed by atoms with Crippen LogP contribution in [0.25, 0.3) is 22.6 Å². The molecule has 0 saturated heterocycles. The minimum atomic E-state index is -0.286. The molecule has 6 nitrogen and oxygen atoms in total. The second kappa shape index (κ2) is 8.95. The van der Waals surface area contributed by atoms with Crippen molar-refractivity contribution < 1.29 is 9.18 Å². The predicted molar refractivity (Wildman–Crippen MR) is 118 cm³/mol. The third-order valence-corrected chi connectivity index (χ3v) is 5.16. The molecule has 0 spiro atoms. The standard InChI is InChI=1S/C24H24FN5O/c1-17-3-5-18(6-4-17)15-22(31)26-12-14-30-23(24-27-11-13-29(24)2)21(16-28-30)19-7-9-20(25)10-8-19/h3-11,13,16H,12,14-15H2,1-2H3,(H,26,31). The van der Waals surface area contributed by atoms with Gasteiger partial charge in [0.15, 0.2) is 5.82 Å². The van der Waals surface area contributed by atoms with Crippen LogP contribution in [0, 0.1) is 12.7 Å². The monoisotopic (exact) mass is 417 g/mol.